The summed E-state index contributed by atoms with van der Waals surface area (Å²) < 4.78 is 0. The lowest BCUT2D eigenvalue weighted by Crippen LogP contribution is -2.34. The Hall–Kier alpha value is -2.40. The van der Waals surface area contributed by atoms with E-state index in [0.717, 1.165) is 40.5 Å². The van der Waals surface area contributed by atoms with Crippen LogP contribution < -0.4 is 5.32 Å². The summed E-state index contributed by atoms with van der Waals surface area (Å²) in [4.78, 5) is 22.0. The predicted octanol–water partition coefficient (Wildman–Crippen LogP) is 5.03. The minimum atomic E-state index is 0.102. The van der Waals surface area contributed by atoms with E-state index in [4.69, 9.17) is 9.98 Å². The Bertz CT molecular complexity index is 870. The molecule has 5 heteroatoms. The Kier molecular flexibility index (Phi) is 5.68. The summed E-state index contributed by atoms with van der Waals surface area (Å²) in [6.07, 6.45) is 5.29. The smallest absolute Gasteiger partial charge is 0.230 e. The fraction of sp³-hybridized carbons (Fsp3) is 0.318. The van der Waals surface area contributed by atoms with Crippen LogP contribution in [0.2, 0.25) is 0 Å². The first-order valence-electron chi connectivity index (χ1n) is 9.50. The summed E-state index contributed by atoms with van der Waals surface area (Å²) in [5.74, 6) is 0.505. The van der Waals surface area contributed by atoms with Crippen LogP contribution in [0.15, 0.2) is 64.6 Å². The van der Waals surface area contributed by atoms with E-state index < -0.39 is 0 Å². The lowest BCUT2D eigenvalue weighted by molar-refractivity contribution is -0.119. The van der Waals surface area contributed by atoms with E-state index >= 15 is 0 Å². The van der Waals surface area contributed by atoms with Crippen LogP contribution in [-0.4, -0.2) is 28.5 Å². The highest BCUT2D eigenvalue weighted by Crippen LogP contribution is 2.33. The van der Waals surface area contributed by atoms with Gasteiger partial charge in [-0.25, -0.2) is 4.99 Å². The first kappa shape index (κ1) is 18.0. The number of carbonyl (C=O) groups is 1. The number of para-hydroxylation sites is 2. The van der Waals surface area contributed by atoms with Crippen molar-refractivity contribution in [1.29, 1.82) is 0 Å². The molecule has 1 amide bonds. The first-order valence-corrected chi connectivity index (χ1v) is 10.5. The van der Waals surface area contributed by atoms with Gasteiger partial charge >= 0.3 is 0 Å². The van der Waals surface area contributed by atoms with Gasteiger partial charge in [0.1, 0.15) is 0 Å². The van der Waals surface area contributed by atoms with E-state index in [0.29, 0.717) is 18.2 Å². The molecule has 0 atom stereocenters. The van der Waals surface area contributed by atoms with Crippen LogP contribution in [0, 0.1) is 0 Å². The Morgan fingerprint density at radius 2 is 1.63 bits per heavy atom. The van der Waals surface area contributed by atoms with Crippen LogP contribution in [-0.2, 0) is 4.79 Å². The number of hydrogen-bond donors (Lipinski definition) is 1. The molecule has 4 rings (SSSR count). The number of benzene rings is 2. The van der Waals surface area contributed by atoms with Crippen LogP contribution >= 0.6 is 11.8 Å². The molecule has 0 unspecified atom stereocenters. The Morgan fingerprint density at radius 1 is 0.963 bits per heavy atom. The van der Waals surface area contributed by atoms with Gasteiger partial charge in [-0.2, -0.15) is 0 Å². The number of rotatable bonds is 4. The average molecular weight is 378 g/mol. The van der Waals surface area contributed by atoms with Crippen LogP contribution in [0.25, 0.3) is 0 Å². The van der Waals surface area contributed by atoms with Gasteiger partial charge in [-0.15, -0.1) is 11.8 Å². The number of carbonyl (C=O) groups excluding carboxylic acids is 1. The number of hydrogen-bond acceptors (Lipinski definition) is 4. The van der Waals surface area contributed by atoms with E-state index in [1.54, 1.807) is 0 Å². The van der Waals surface area contributed by atoms with E-state index in [2.05, 4.69) is 17.4 Å². The van der Waals surface area contributed by atoms with Crippen LogP contribution in [0.1, 0.15) is 37.7 Å². The minimum absolute atomic E-state index is 0.102. The maximum absolute atomic E-state index is 12.3. The predicted molar refractivity (Wildman–Crippen MR) is 114 cm³/mol. The van der Waals surface area contributed by atoms with Gasteiger partial charge in [-0.1, -0.05) is 55.3 Å². The molecule has 0 aromatic heterocycles. The second kappa shape index (κ2) is 8.53. The molecule has 1 heterocycles. The largest absolute Gasteiger partial charge is 0.353 e. The highest BCUT2D eigenvalue weighted by atomic mass is 32.2. The molecule has 27 heavy (non-hydrogen) atoms. The van der Waals surface area contributed by atoms with E-state index in [-0.39, 0.29) is 5.91 Å². The second-order valence-electron chi connectivity index (χ2n) is 6.93. The molecule has 0 bridgehead atoms. The van der Waals surface area contributed by atoms with Gasteiger partial charge < -0.3 is 5.32 Å². The summed E-state index contributed by atoms with van der Waals surface area (Å²) >= 11 is 1.52. The van der Waals surface area contributed by atoms with Crippen molar-refractivity contribution >= 4 is 39.8 Å². The highest BCUT2D eigenvalue weighted by molar-refractivity contribution is 8.14. The van der Waals surface area contributed by atoms with Crippen LogP contribution in [0.5, 0.6) is 0 Å². The summed E-state index contributed by atoms with van der Waals surface area (Å²) in [7, 11) is 0. The topological polar surface area (TPSA) is 53.8 Å². The van der Waals surface area contributed by atoms with E-state index in [9.17, 15) is 4.79 Å². The lowest BCUT2D eigenvalue weighted by Gasteiger charge is -2.12. The maximum atomic E-state index is 12.3. The zero-order valence-corrected chi connectivity index (χ0v) is 16.0. The number of fused-ring (bicyclic) bond motifs is 1. The van der Waals surface area contributed by atoms with Crippen LogP contribution in [0.4, 0.5) is 11.4 Å². The molecule has 1 N–H and O–H groups in total. The second-order valence-corrected chi connectivity index (χ2v) is 7.98. The molecule has 1 aliphatic heterocycles. The molecule has 138 valence electrons. The van der Waals surface area contributed by atoms with Crippen molar-refractivity contribution in [1.82, 2.24) is 5.32 Å². The summed E-state index contributed by atoms with van der Waals surface area (Å²) in [6.45, 7) is 0. The minimum Gasteiger partial charge on any atom is -0.353 e. The summed E-state index contributed by atoms with van der Waals surface area (Å²) in [5, 5.41) is 4.09. The molecule has 1 fully saturated rings. The van der Waals surface area contributed by atoms with Crippen LogP contribution in [0.3, 0.4) is 0 Å². The number of nitrogens with one attached hydrogen (secondary N) is 1. The molecule has 2 aromatic carbocycles. The van der Waals surface area contributed by atoms with Crippen molar-refractivity contribution in [3.63, 3.8) is 0 Å². The van der Waals surface area contributed by atoms with Crippen molar-refractivity contribution in [3.05, 3.63) is 60.2 Å². The zero-order chi connectivity index (χ0) is 18.5. The molecular weight excluding hydrogens is 354 g/mol. The Labute approximate surface area is 164 Å². The number of thioether (sulfide) groups is 1. The highest BCUT2D eigenvalue weighted by Gasteiger charge is 2.19. The normalized spacial score (nSPS) is 16.9. The number of amides is 1. The zero-order valence-electron chi connectivity index (χ0n) is 15.2. The fourth-order valence-electron chi connectivity index (χ4n) is 3.52. The van der Waals surface area contributed by atoms with Crippen molar-refractivity contribution in [2.24, 2.45) is 9.98 Å². The van der Waals surface area contributed by atoms with Crippen molar-refractivity contribution in [2.45, 2.75) is 38.1 Å². The van der Waals surface area contributed by atoms with Crippen molar-refractivity contribution < 1.29 is 4.79 Å². The number of nitrogens with zero attached hydrogens (tertiary/aromatic N) is 2. The SMILES string of the molecule is O=C(CSC1=Nc2ccccc2N=C(c2ccccc2)C1)NC1CCCC1. The summed E-state index contributed by atoms with van der Waals surface area (Å²) in [6, 6.07) is 18.5. The molecule has 0 radical (unpaired) electrons. The standard InChI is InChI=1S/C22H23N3OS/c26-21(23-17-10-4-5-11-17)15-27-22-14-20(16-8-2-1-3-9-16)24-18-12-6-7-13-19(18)25-22/h1-3,6-9,12-13,17H,4-5,10-11,14-15H2,(H,23,26). The molecule has 2 aromatic rings. The third-order valence-corrected chi connectivity index (χ3v) is 5.87. The molecule has 1 aliphatic carbocycles. The van der Waals surface area contributed by atoms with Gasteiger partial charge in [-0.05, 0) is 30.5 Å². The molecule has 2 aliphatic rings. The van der Waals surface area contributed by atoms with Gasteiger partial charge in [0.15, 0.2) is 0 Å². The average Bonchev–Trinajstić information content (AvgIpc) is 3.12. The van der Waals surface area contributed by atoms with Crippen molar-refractivity contribution in [3.8, 4) is 0 Å². The fourth-order valence-corrected chi connectivity index (χ4v) is 4.31. The number of aliphatic imine (C=N–C) groups is 2. The molecular formula is C22H23N3OS. The van der Waals surface area contributed by atoms with Gasteiger partial charge in [-0.3, -0.25) is 9.79 Å². The third kappa shape index (κ3) is 4.66. The molecule has 4 nitrogen and oxygen atoms in total. The van der Waals surface area contributed by atoms with Gasteiger partial charge in [0, 0.05) is 12.5 Å². The van der Waals surface area contributed by atoms with E-state index in [1.807, 2.05) is 42.5 Å². The lowest BCUT2D eigenvalue weighted by atomic mass is 10.1. The summed E-state index contributed by atoms with van der Waals surface area (Å²) in [5.41, 5.74) is 3.82. The molecule has 0 saturated heterocycles. The van der Waals surface area contributed by atoms with Crippen molar-refractivity contribution in [2.75, 3.05) is 5.75 Å². The first-order chi connectivity index (χ1) is 13.3. The quantitative estimate of drug-likeness (QED) is 0.812. The van der Waals surface area contributed by atoms with Gasteiger partial charge in [0.2, 0.25) is 5.91 Å². The molecule has 1 saturated carbocycles. The van der Waals surface area contributed by atoms with Gasteiger partial charge in [0.05, 0.1) is 27.9 Å². The third-order valence-electron chi connectivity index (χ3n) is 4.90. The molecule has 0 spiro atoms. The van der Waals surface area contributed by atoms with Gasteiger partial charge in [0.25, 0.3) is 0 Å². The monoisotopic (exact) mass is 377 g/mol. The maximum Gasteiger partial charge on any atom is 0.230 e. The van der Waals surface area contributed by atoms with E-state index in [1.165, 1.54) is 24.6 Å². The Morgan fingerprint density at radius 3 is 2.37 bits per heavy atom. The Balaban J connectivity index is 1.51.